The molecule has 21 heavy (non-hydrogen) atoms. The molecule has 114 valence electrons. The lowest BCUT2D eigenvalue weighted by Crippen LogP contribution is -2.37. The molecule has 1 N–H and O–H groups in total. The summed E-state index contributed by atoms with van der Waals surface area (Å²) in [5.41, 5.74) is 0.429. The van der Waals surface area contributed by atoms with E-state index >= 15 is 0 Å². The molecule has 0 spiro atoms. The van der Waals surface area contributed by atoms with Gasteiger partial charge in [0.15, 0.2) is 0 Å². The molecule has 2 rings (SSSR count). The minimum atomic E-state index is -0.445. The van der Waals surface area contributed by atoms with E-state index in [0.29, 0.717) is 24.8 Å². The lowest BCUT2D eigenvalue weighted by atomic mass is 10.1. The summed E-state index contributed by atoms with van der Waals surface area (Å²) in [7, 11) is 1.67. The number of amides is 1. The van der Waals surface area contributed by atoms with Crippen LogP contribution in [-0.4, -0.2) is 44.2 Å². The highest BCUT2D eigenvalue weighted by Gasteiger charge is 2.19. The minimum absolute atomic E-state index is 0.00278. The van der Waals surface area contributed by atoms with Gasteiger partial charge in [-0.15, -0.1) is 0 Å². The van der Waals surface area contributed by atoms with Gasteiger partial charge in [0.25, 0.3) is 5.69 Å². The van der Waals surface area contributed by atoms with Crippen molar-refractivity contribution in [2.75, 3.05) is 38.3 Å². The molecule has 1 saturated heterocycles. The molecule has 0 radical (unpaired) electrons. The van der Waals surface area contributed by atoms with Crippen molar-refractivity contribution in [2.24, 2.45) is 5.92 Å². The van der Waals surface area contributed by atoms with Crippen molar-refractivity contribution in [3.05, 3.63) is 34.4 Å². The van der Waals surface area contributed by atoms with Gasteiger partial charge in [0.1, 0.15) is 5.69 Å². The van der Waals surface area contributed by atoms with Gasteiger partial charge >= 0.3 is 0 Å². The quantitative estimate of drug-likeness (QED) is 0.629. The van der Waals surface area contributed by atoms with Crippen molar-refractivity contribution in [1.29, 1.82) is 0 Å². The van der Waals surface area contributed by atoms with Crippen LogP contribution in [0.25, 0.3) is 0 Å². The van der Waals surface area contributed by atoms with E-state index < -0.39 is 4.92 Å². The van der Waals surface area contributed by atoms with Crippen molar-refractivity contribution in [3.63, 3.8) is 0 Å². The molecule has 1 aliphatic rings. The Bertz CT molecular complexity index is 515. The predicted molar refractivity (Wildman–Crippen MR) is 78.3 cm³/mol. The van der Waals surface area contributed by atoms with E-state index in [1.807, 2.05) is 0 Å². The average molecular weight is 293 g/mol. The zero-order valence-corrected chi connectivity index (χ0v) is 11.9. The van der Waals surface area contributed by atoms with E-state index in [1.165, 1.54) is 6.07 Å². The number of hydrogen-bond donors (Lipinski definition) is 1. The maximum absolute atomic E-state index is 11.9. The van der Waals surface area contributed by atoms with Gasteiger partial charge < -0.3 is 15.0 Å². The second kappa shape index (κ2) is 7.03. The van der Waals surface area contributed by atoms with Crippen LogP contribution in [0.15, 0.2) is 24.3 Å². The van der Waals surface area contributed by atoms with Gasteiger partial charge in [-0.3, -0.25) is 14.9 Å². The van der Waals surface area contributed by atoms with Crippen LogP contribution < -0.4 is 10.2 Å². The molecule has 1 aliphatic heterocycles. The minimum Gasteiger partial charge on any atom is -0.381 e. The van der Waals surface area contributed by atoms with Crippen LogP contribution in [0.2, 0.25) is 0 Å². The van der Waals surface area contributed by atoms with Gasteiger partial charge in [0.2, 0.25) is 5.91 Å². The number of benzene rings is 1. The highest BCUT2D eigenvalue weighted by atomic mass is 16.6. The number of rotatable bonds is 6. The third-order valence-corrected chi connectivity index (χ3v) is 3.48. The van der Waals surface area contributed by atoms with E-state index in [9.17, 15) is 14.9 Å². The normalized spacial score (nSPS) is 17.5. The van der Waals surface area contributed by atoms with Crippen molar-refractivity contribution >= 4 is 17.3 Å². The summed E-state index contributed by atoms with van der Waals surface area (Å²) < 4.78 is 5.25. The highest BCUT2D eigenvalue weighted by Crippen LogP contribution is 2.26. The summed E-state index contributed by atoms with van der Waals surface area (Å²) in [6.07, 6.45) is 0.959. The number of hydrogen-bond acceptors (Lipinski definition) is 5. The summed E-state index contributed by atoms with van der Waals surface area (Å²) in [5, 5.41) is 13.8. The smallest absolute Gasteiger partial charge is 0.292 e. The monoisotopic (exact) mass is 293 g/mol. The zero-order chi connectivity index (χ0) is 15.2. The SMILES string of the molecule is CN(CC(=O)NC[C@H]1CCOC1)c1ccccc1[N+](=O)[O-]. The molecule has 0 aliphatic carbocycles. The van der Waals surface area contributed by atoms with Gasteiger partial charge in [0, 0.05) is 32.2 Å². The molecule has 7 nitrogen and oxygen atoms in total. The van der Waals surface area contributed by atoms with E-state index in [0.717, 1.165) is 13.0 Å². The van der Waals surface area contributed by atoms with Crippen molar-refractivity contribution in [1.82, 2.24) is 5.32 Å². The maximum Gasteiger partial charge on any atom is 0.292 e. The van der Waals surface area contributed by atoms with Crippen LogP contribution >= 0.6 is 0 Å². The molecule has 1 aromatic rings. The summed E-state index contributed by atoms with van der Waals surface area (Å²) in [6.45, 7) is 2.10. The van der Waals surface area contributed by atoms with Crippen LogP contribution in [0.4, 0.5) is 11.4 Å². The number of anilines is 1. The number of nitro groups is 1. The van der Waals surface area contributed by atoms with Crippen LogP contribution in [0, 0.1) is 16.0 Å². The largest absolute Gasteiger partial charge is 0.381 e. The van der Waals surface area contributed by atoms with Gasteiger partial charge in [-0.2, -0.15) is 0 Å². The topological polar surface area (TPSA) is 84.7 Å². The molecule has 1 heterocycles. The Balaban J connectivity index is 1.89. The third-order valence-electron chi connectivity index (χ3n) is 3.48. The number of nitro benzene ring substituents is 1. The summed E-state index contributed by atoms with van der Waals surface area (Å²) in [4.78, 5) is 24.0. The molecule has 7 heteroatoms. The first-order chi connectivity index (χ1) is 10.1. The van der Waals surface area contributed by atoms with Gasteiger partial charge in [0.05, 0.1) is 18.1 Å². The Morgan fingerprint density at radius 2 is 2.29 bits per heavy atom. The van der Waals surface area contributed by atoms with Crippen LogP contribution in [0.5, 0.6) is 0 Å². The van der Waals surface area contributed by atoms with E-state index in [1.54, 1.807) is 30.1 Å². The molecule has 1 atom stereocenters. The van der Waals surface area contributed by atoms with Crippen LogP contribution in [-0.2, 0) is 9.53 Å². The lowest BCUT2D eigenvalue weighted by molar-refractivity contribution is -0.384. The Morgan fingerprint density at radius 1 is 1.52 bits per heavy atom. The molecule has 0 bridgehead atoms. The fraction of sp³-hybridized carbons (Fsp3) is 0.500. The summed E-state index contributed by atoms with van der Waals surface area (Å²) >= 11 is 0. The van der Waals surface area contributed by atoms with E-state index in [-0.39, 0.29) is 18.1 Å². The van der Waals surface area contributed by atoms with Gasteiger partial charge in [-0.25, -0.2) is 0 Å². The number of carbonyl (C=O) groups is 1. The Labute approximate surface area is 123 Å². The van der Waals surface area contributed by atoms with Gasteiger partial charge in [-0.1, -0.05) is 12.1 Å². The standard InChI is InChI=1S/C14H19N3O4/c1-16(12-4-2-3-5-13(12)17(19)20)9-14(18)15-8-11-6-7-21-10-11/h2-5,11H,6-10H2,1H3,(H,15,18)/t11-/m1/s1. The van der Waals surface area contributed by atoms with Crippen LogP contribution in [0.3, 0.4) is 0 Å². The second-order valence-corrected chi connectivity index (χ2v) is 5.14. The fourth-order valence-electron chi connectivity index (χ4n) is 2.30. The summed E-state index contributed by atoms with van der Waals surface area (Å²) in [6, 6.07) is 6.39. The van der Waals surface area contributed by atoms with Gasteiger partial charge in [-0.05, 0) is 12.5 Å². The molecule has 0 unspecified atom stereocenters. The number of para-hydroxylation sites is 2. The van der Waals surface area contributed by atoms with Crippen molar-refractivity contribution in [2.45, 2.75) is 6.42 Å². The number of carbonyl (C=O) groups excluding carboxylic acids is 1. The first-order valence-electron chi connectivity index (χ1n) is 6.87. The molecule has 1 aromatic carbocycles. The molecular formula is C14H19N3O4. The molecule has 1 fully saturated rings. The van der Waals surface area contributed by atoms with Crippen molar-refractivity contribution in [3.8, 4) is 0 Å². The molecule has 0 aromatic heterocycles. The Kier molecular flexibility index (Phi) is 5.10. The zero-order valence-electron chi connectivity index (χ0n) is 11.9. The van der Waals surface area contributed by atoms with E-state index in [4.69, 9.17) is 4.74 Å². The number of likely N-dealkylation sites (N-methyl/N-ethyl adjacent to an activating group) is 1. The highest BCUT2D eigenvalue weighted by molar-refractivity contribution is 5.82. The van der Waals surface area contributed by atoms with Crippen molar-refractivity contribution < 1.29 is 14.5 Å². The lowest BCUT2D eigenvalue weighted by Gasteiger charge is -2.19. The Morgan fingerprint density at radius 3 is 2.95 bits per heavy atom. The first-order valence-corrected chi connectivity index (χ1v) is 6.87. The maximum atomic E-state index is 11.9. The fourth-order valence-corrected chi connectivity index (χ4v) is 2.30. The average Bonchev–Trinajstić information content (AvgIpc) is 2.98. The van der Waals surface area contributed by atoms with Crippen LogP contribution in [0.1, 0.15) is 6.42 Å². The summed E-state index contributed by atoms with van der Waals surface area (Å²) in [5.74, 6) is 0.216. The Hall–Kier alpha value is -2.15. The molecular weight excluding hydrogens is 274 g/mol. The third kappa shape index (κ3) is 4.16. The molecule has 0 saturated carbocycles. The predicted octanol–water partition coefficient (Wildman–Crippen LogP) is 1.18. The second-order valence-electron chi connectivity index (χ2n) is 5.14. The molecule has 1 amide bonds. The first kappa shape index (κ1) is 15.2. The number of nitrogens with one attached hydrogen (secondary N) is 1. The number of ether oxygens (including phenoxy) is 1. The van der Waals surface area contributed by atoms with E-state index in [2.05, 4.69) is 5.32 Å². The number of nitrogens with zero attached hydrogens (tertiary/aromatic N) is 2.